The molecule has 8 heteroatoms. The van der Waals surface area contributed by atoms with E-state index in [2.05, 4.69) is 6.92 Å². The third kappa shape index (κ3) is 4.79. The highest BCUT2D eigenvalue weighted by molar-refractivity contribution is 5.98. The Morgan fingerprint density at radius 1 is 1.07 bits per heavy atom. The standard InChI is InChI=1S/C34H46O8/c1-9-26(37)42-29-28-19(4)23(36)15-16-32(28,6)25-14-13-22-27(21(31(39)40)12-10-11-18(2)3)24(41-20(5)35)17-33(22,7)34(25,8)30(29)38/h11,15-16,19,22,24-25,28-29H,9-10,12-14,17H2,1-8H3,(H,39,40). The number of carbonyl (C=O) groups is 5. The number of allylic oxidation sites excluding steroid dienone is 4. The van der Waals surface area contributed by atoms with Gasteiger partial charge >= 0.3 is 17.9 Å². The molecule has 1 N–H and O–H groups in total. The normalized spacial score (nSPS) is 39.9. The summed E-state index contributed by atoms with van der Waals surface area (Å²) in [6.07, 6.45) is 6.08. The van der Waals surface area contributed by atoms with Gasteiger partial charge in [0.25, 0.3) is 0 Å². The van der Waals surface area contributed by atoms with Crippen molar-refractivity contribution in [1.29, 1.82) is 0 Å². The molecule has 0 amide bonds. The van der Waals surface area contributed by atoms with E-state index in [1.54, 1.807) is 13.0 Å². The highest BCUT2D eigenvalue weighted by atomic mass is 16.6. The number of Topliss-reactive ketones (excluding diaryl/α,β-unsaturated/α-hetero) is 1. The van der Waals surface area contributed by atoms with Gasteiger partial charge in [0.15, 0.2) is 17.7 Å². The van der Waals surface area contributed by atoms with E-state index in [0.717, 1.165) is 5.57 Å². The quantitative estimate of drug-likeness (QED) is 0.227. The van der Waals surface area contributed by atoms with Gasteiger partial charge in [-0.15, -0.1) is 0 Å². The van der Waals surface area contributed by atoms with E-state index in [0.29, 0.717) is 24.8 Å². The van der Waals surface area contributed by atoms with Gasteiger partial charge in [-0.3, -0.25) is 19.2 Å². The van der Waals surface area contributed by atoms with E-state index in [4.69, 9.17) is 9.47 Å². The summed E-state index contributed by atoms with van der Waals surface area (Å²) in [7, 11) is 0. The molecule has 0 bridgehead atoms. The van der Waals surface area contributed by atoms with Crippen molar-refractivity contribution < 1.29 is 38.6 Å². The molecular weight excluding hydrogens is 536 g/mol. The number of aliphatic carboxylic acids is 1. The van der Waals surface area contributed by atoms with Gasteiger partial charge in [-0.1, -0.05) is 52.3 Å². The monoisotopic (exact) mass is 582 g/mol. The average Bonchev–Trinajstić information content (AvgIpc) is 3.18. The van der Waals surface area contributed by atoms with Crippen LogP contribution in [0.2, 0.25) is 0 Å². The summed E-state index contributed by atoms with van der Waals surface area (Å²) < 4.78 is 11.8. The Labute approximate surface area is 249 Å². The minimum absolute atomic E-state index is 0.0882. The van der Waals surface area contributed by atoms with E-state index in [1.165, 1.54) is 6.92 Å². The third-order valence-electron chi connectivity index (χ3n) is 11.3. The topological polar surface area (TPSA) is 124 Å². The summed E-state index contributed by atoms with van der Waals surface area (Å²) in [6.45, 7) is 14.7. The lowest BCUT2D eigenvalue weighted by molar-refractivity contribution is -0.208. The Hall–Kier alpha value is -3.03. The van der Waals surface area contributed by atoms with Crippen molar-refractivity contribution in [2.45, 2.75) is 106 Å². The summed E-state index contributed by atoms with van der Waals surface area (Å²) >= 11 is 0. The maximum atomic E-state index is 14.9. The zero-order valence-corrected chi connectivity index (χ0v) is 26.2. The van der Waals surface area contributed by atoms with Crippen molar-refractivity contribution in [3.8, 4) is 0 Å². The van der Waals surface area contributed by atoms with Gasteiger partial charge in [0.2, 0.25) is 0 Å². The Morgan fingerprint density at radius 3 is 2.31 bits per heavy atom. The van der Waals surface area contributed by atoms with E-state index in [1.807, 2.05) is 46.8 Å². The SMILES string of the molecule is CCC(=O)OC1C(=O)C2(C)C(CCC3C(=C(CCC=C(C)C)C(=O)O)C(OC(C)=O)CC32C)C2(C)C=CC(=O)C(C)C12. The van der Waals surface area contributed by atoms with Crippen LogP contribution in [-0.4, -0.2) is 46.8 Å². The van der Waals surface area contributed by atoms with Crippen molar-refractivity contribution in [1.82, 2.24) is 0 Å². The van der Waals surface area contributed by atoms with Crippen molar-refractivity contribution in [3.05, 3.63) is 34.9 Å². The molecule has 0 spiro atoms. The van der Waals surface area contributed by atoms with Crippen LogP contribution in [-0.2, 0) is 33.4 Å². The summed E-state index contributed by atoms with van der Waals surface area (Å²) in [5, 5.41) is 10.4. The predicted molar refractivity (Wildman–Crippen MR) is 156 cm³/mol. The molecule has 0 aromatic heterocycles. The second kappa shape index (κ2) is 11.2. The van der Waals surface area contributed by atoms with Crippen LogP contribution >= 0.6 is 0 Å². The Kier molecular flexibility index (Phi) is 8.53. The number of fused-ring (bicyclic) bond motifs is 5. The van der Waals surface area contributed by atoms with Crippen LogP contribution < -0.4 is 0 Å². The summed E-state index contributed by atoms with van der Waals surface area (Å²) in [4.78, 5) is 65.5. The van der Waals surface area contributed by atoms with Crippen molar-refractivity contribution >= 4 is 29.5 Å². The highest BCUT2D eigenvalue weighted by Crippen LogP contribution is 2.73. The minimum atomic E-state index is -1.11. The fourth-order valence-corrected chi connectivity index (χ4v) is 9.24. The van der Waals surface area contributed by atoms with Gasteiger partial charge in [-0.05, 0) is 80.3 Å². The van der Waals surface area contributed by atoms with Gasteiger partial charge in [0.05, 0.1) is 0 Å². The number of hydrogen-bond donors (Lipinski definition) is 1. The molecule has 4 rings (SSSR count). The van der Waals surface area contributed by atoms with E-state index in [9.17, 15) is 29.1 Å². The molecule has 0 saturated heterocycles. The molecule has 0 aliphatic heterocycles. The molecular formula is C34H46O8. The molecule has 3 fully saturated rings. The molecule has 4 aliphatic carbocycles. The van der Waals surface area contributed by atoms with Crippen LogP contribution in [0.1, 0.15) is 93.9 Å². The van der Waals surface area contributed by atoms with Crippen LogP contribution in [0.4, 0.5) is 0 Å². The van der Waals surface area contributed by atoms with Gasteiger partial charge in [-0.2, -0.15) is 0 Å². The number of carboxylic acids is 1. The minimum Gasteiger partial charge on any atom is -0.478 e. The second-order valence-corrected chi connectivity index (χ2v) is 13.7. The Morgan fingerprint density at radius 2 is 1.74 bits per heavy atom. The molecule has 4 aliphatic rings. The van der Waals surface area contributed by atoms with Crippen LogP contribution in [0.5, 0.6) is 0 Å². The molecule has 0 aromatic rings. The van der Waals surface area contributed by atoms with Crippen LogP contribution in [0.3, 0.4) is 0 Å². The molecule has 0 radical (unpaired) electrons. The summed E-state index contributed by atoms with van der Waals surface area (Å²) in [5.74, 6) is -3.87. The van der Waals surface area contributed by atoms with E-state index in [-0.39, 0.29) is 48.2 Å². The largest absolute Gasteiger partial charge is 0.478 e. The van der Waals surface area contributed by atoms with Gasteiger partial charge < -0.3 is 14.6 Å². The number of carbonyl (C=O) groups excluding carboxylic acids is 4. The zero-order chi connectivity index (χ0) is 31.4. The lowest BCUT2D eigenvalue weighted by Crippen LogP contribution is -2.69. The zero-order valence-electron chi connectivity index (χ0n) is 26.2. The van der Waals surface area contributed by atoms with Gasteiger partial charge in [-0.25, -0.2) is 4.79 Å². The van der Waals surface area contributed by atoms with Crippen molar-refractivity contribution in [2.24, 2.45) is 39.9 Å². The summed E-state index contributed by atoms with van der Waals surface area (Å²) in [5.41, 5.74) is -0.524. The molecule has 8 nitrogen and oxygen atoms in total. The van der Waals surface area contributed by atoms with Gasteiger partial charge in [0, 0.05) is 36.2 Å². The molecule has 9 atom stereocenters. The first-order chi connectivity index (χ1) is 19.5. The predicted octanol–water partition coefficient (Wildman–Crippen LogP) is 5.79. The van der Waals surface area contributed by atoms with Gasteiger partial charge in [0.1, 0.15) is 6.10 Å². The number of ketones is 2. The number of esters is 2. The molecule has 9 unspecified atom stereocenters. The fraction of sp³-hybridized carbons (Fsp3) is 0.676. The average molecular weight is 583 g/mol. The molecule has 3 saturated carbocycles. The Balaban J connectivity index is 1.93. The van der Waals surface area contributed by atoms with Crippen LogP contribution in [0.15, 0.2) is 34.9 Å². The van der Waals surface area contributed by atoms with Crippen molar-refractivity contribution in [3.63, 3.8) is 0 Å². The maximum absolute atomic E-state index is 14.9. The smallest absolute Gasteiger partial charge is 0.331 e. The van der Waals surface area contributed by atoms with Crippen LogP contribution in [0.25, 0.3) is 0 Å². The lowest BCUT2D eigenvalue weighted by atomic mass is 9.37. The Bertz CT molecular complexity index is 1280. The summed E-state index contributed by atoms with van der Waals surface area (Å²) in [6, 6.07) is 0. The van der Waals surface area contributed by atoms with E-state index < -0.39 is 58.2 Å². The first kappa shape index (κ1) is 31.9. The molecule has 0 heterocycles. The van der Waals surface area contributed by atoms with Crippen LogP contribution in [0, 0.1) is 39.9 Å². The van der Waals surface area contributed by atoms with E-state index >= 15 is 0 Å². The third-order valence-corrected chi connectivity index (χ3v) is 11.3. The number of rotatable bonds is 7. The van der Waals surface area contributed by atoms with Crippen molar-refractivity contribution in [2.75, 3.05) is 0 Å². The first-order valence-corrected chi connectivity index (χ1v) is 15.3. The first-order valence-electron chi connectivity index (χ1n) is 15.3. The molecule has 42 heavy (non-hydrogen) atoms. The number of carboxylic acid groups (broad SMARTS) is 1. The highest BCUT2D eigenvalue weighted by Gasteiger charge is 2.74. The number of hydrogen-bond acceptors (Lipinski definition) is 7. The molecule has 230 valence electrons. The maximum Gasteiger partial charge on any atom is 0.331 e. The number of ether oxygens (including phenoxy) is 2. The molecule has 0 aromatic carbocycles. The second-order valence-electron chi connectivity index (χ2n) is 13.7. The fourth-order valence-electron chi connectivity index (χ4n) is 9.24. The lowest BCUT2D eigenvalue weighted by Gasteiger charge is -2.66.